The molecule has 0 aliphatic carbocycles. The fourth-order valence-corrected chi connectivity index (χ4v) is 1.66. The number of halogens is 1. The summed E-state index contributed by atoms with van der Waals surface area (Å²) >= 11 is 5.68. The predicted octanol–water partition coefficient (Wildman–Crippen LogP) is 2.36. The number of nitrogens with zero attached hydrogens (tertiary/aromatic N) is 3. The maximum absolute atomic E-state index is 5.68. The van der Waals surface area contributed by atoms with Crippen LogP contribution < -0.4 is 0 Å². The maximum atomic E-state index is 5.68. The predicted molar refractivity (Wildman–Crippen MR) is 60.5 cm³/mol. The van der Waals surface area contributed by atoms with Gasteiger partial charge in [0.1, 0.15) is 0 Å². The third-order valence-electron chi connectivity index (χ3n) is 2.15. The Balaban J connectivity index is 2.36. The molecule has 0 fully saturated rings. The average molecular weight is 222 g/mol. The number of aromatic nitrogens is 3. The lowest BCUT2D eigenvalue weighted by atomic mass is 10.3. The Morgan fingerprint density at radius 1 is 1.40 bits per heavy atom. The molecule has 0 saturated carbocycles. The van der Waals surface area contributed by atoms with Crippen LogP contribution in [-0.2, 0) is 6.42 Å². The van der Waals surface area contributed by atoms with E-state index in [1.165, 1.54) is 0 Å². The molecule has 0 aliphatic heterocycles. The van der Waals surface area contributed by atoms with E-state index >= 15 is 0 Å². The van der Waals surface area contributed by atoms with E-state index in [2.05, 4.69) is 10.1 Å². The molecule has 0 aliphatic rings. The van der Waals surface area contributed by atoms with Gasteiger partial charge in [0.2, 0.25) is 0 Å². The first-order valence-electron chi connectivity index (χ1n) is 4.84. The first-order valence-corrected chi connectivity index (χ1v) is 5.37. The quantitative estimate of drug-likeness (QED) is 0.745. The molecule has 0 atom stereocenters. The van der Waals surface area contributed by atoms with Crippen LogP contribution in [-0.4, -0.2) is 20.6 Å². The average Bonchev–Trinajstić information content (AvgIpc) is 2.61. The van der Waals surface area contributed by atoms with Gasteiger partial charge in [0.05, 0.1) is 5.69 Å². The van der Waals surface area contributed by atoms with Gasteiger partial charge in [-0.05, 0) is 25.1 Å². The molecular formula is C11H12ClN3. The van der Waals surface area contributed by atoms with Crippen molar-refractivity contribution < 1.29 is 0 Å². The molecule has 2 rings (SSSR count). The highest BCUT2D eigenvalue weighted by atomic mass is 35.5. The minimum atomic E-state index is 0.596. The third kappa shape index (κ3) is 2.18. The van der Waals surface area contributed by atoms with Gasteiger partial charge in [-0.15, -0.1) is 11.6 Å². The van der Waals surface area contributed by atoms with Crippen molar-refractivity contribution in [2.45, 2.75) is 13.3 Å². The van der Waals surface area contributed by atoms with E-state index in [-0.39, 0.29) is 0 Å². The number of hydrogen-bond donors (Lipinski definition) is 0. The lowest BCUT2D eigenvalue weighted by Gasteiger charge is -2.01. The minimum absolute atomic E-state index is 0.596. The van der Waals surface area contributed by atoms with Gasteiger partial charge in [0, 0.05) is 24.2 Å². The second kappa shape index (κ2) is 4.45. The lowest BCUT2D eigenvalue weighted by Crippen LogP contribution is -2.01. The molecule has 0 bridgehead atoms. The zero-order valence-electron chi connectivity index (χ0n) is 8.52. The van der Waals surface area contributed by atoms with Crippen LogP contribution in [0.5, 0.6) is 0 Å². The van der Waals surface area contributed by atoms with Crippen molar-refractivity contribution in [1.82, 2.24) is 14.8 Å². The fraction of sp³-hybridized carbons (Fsp3) is 0.273. The monoisotopic (exact) mass is 221 g/mol. The van der Waals surface area contributed by atoms with Crippen molar-refractivity contribution >= 4 is 11.6 Å². The van der Waals surface area contributed by atoms with Gasteiger partial charge in [-0.1, -0.05) is 6.07 Å². The Bertz CT molecular complexity index is 436. The Labute approximate surface area is 93.7 Å². The van der Waals surface area contributed by atoms with Gasteiger partial charge in [-0.2, -0.15) is 5.10 Å². The van der Waals surface area contributed by atoms with Gasteiger partial charge in [0.15, 0.2) is 5.82 Å². The Morgan fingerprint density at radius 3 is 2.93 bits per heavy atom. The fourth-order valence-electron chi connectivity index (χ4n) is 1.47. The summed E-state index contributed by atoms with van der Waals surface area (Å²) in [5, 5.41) is 4.44. The van der Waals surface area contributed by atoms with E-state index in [4.69, 9.17) is 11.6 Å². The Hall–Kier alpha value is -1.35. The number of aryl methyl sites for hydroxylation is 2. The molecule has 0 spiro atoms. The molecular weight excluding hydrogens is 210 g/mol. The SMILES string of the molecule is Cc1cc(CCCl)nn1-c1ccccn1. The molecule has 78 valence electrons. The van der Waals surface area contributed by atoms with Crippen LogP contribution >= 0.6 is 11.6 Å². The van der Waals surface area contributed by atoms with Crippen LogP contribution in [0.25, 0.3) is 5.82 Å². The van der Waals surface area contributed by atoms with Crippen molar-refractivity contribution in [1.29, 1.82) is 0 Å². The molecule has 0 unspecified atom stereocenters. The van der Waals surface area contributed by atoms with E-state index in [1.807, 2.05) is 35.9 Å². The third-order valence-corrected chi connectivity index (χ3v) is 2.34. The van der Waals surface area contributed by atoms with E-state index in [1.54, 1.807) is 6.20 Å². The molecule has 2 aromatic heterocycles. The summed E-state index contributed by atoms with van der Waals surface area (Å²) in [6.45, 7) is 2.01. The van der Waals surface area contributed by atoms with Crippen LogP contribution in [0.2, 0.25) is 0 Å². The van der Waals surface area contributed by atoms with Gasteiger partial charge in [-0.3, -0.25) is 0 Å². The summed E-state index contributed by atoms with van der Waals surface area (Å²) in [6.07, 6.45) is 2.56. The zero-order valence-corrected chi connectivity index (χ0v) is 9.28. The largest absolute Gasteiger partial charge is 0.237 e. The second-order valence-corrected chi connectivity index (χ2v) is 3.69. The molecule has 2 heterocycles. The highest BCUT2D eigenvalue weighted by Gasteiger charge is 2.05. The van der Waals surface area contributed by atoms with Crippen molar-refractivity contribution in [3.8, 4) is 5.82 Å². The van der Waals surface area contributed by atoms with Gasteiger partial charge in [-0.25, -0.2) is 9.67 Å². The van der Waals surface area contributed by atoms with Crippen LogP contribution in [0.4, 0.5) is 0 Å². The van der Waals surface area contributed by atoms with Crippen LogP contribution in [0.1, 0.15) is 11.4 Å². The Morgan fingerprint density at radius 2 is 2.27 bits per heavy atom. The molecule has 0 N–H and O–H groups in total. The summed E-state index contributed by atoms with van der Waals surface area (Å²) in [4.78, 5) is 4.25. The number of rotatable bonds is 3. The second-order valence-electron chi connectivity index (χ2n) is 3.32. The highest BCUT2D eigenvalue weighted by Crippen LogP contribution is 2.10. The molecule has 0 amide bonds. The van der Waals surface area contributed by atoms with Crippen molar-refractivity contribution in [3.05, 3.63) is 41.9 Å². The van der Waals surface area contributed by atoms with Crippen LogP contribution in [0.15, 0.2) is 30.5 Å². The molecule has 2 aromatic rings. The standard InChI is InChI=1S/C11H12ClN3/c1-9-8-10(5-6-12)14-15(9)11-4-2-3-7-13-11/h2-4,7-8H,5-6H2,1H3. The maximum Gasteiger partial charge on any atom is 0.153 e. The van der Waals surface area contributed by atoms with E-state index in [9.17, 15) is 0 Å². The summed E-state index contributed by atoms with van der Waals surface area (Å²) in [7, 11) is 0. The smallest absolute Gasteiger partial charge is 0.153 e. The molecule has 4 heteroatoms. The van der Waals surface area contributed by atoms with Crippen LogP contribution in [0, 0.1) is 6.92 Å². The van der Waals surface area contributed by atoms with E-state index in [0.29, 0.717) is 5.88 Å². The lowest BCUT2D eigenvalue weighted by molar-refractivity contribution is 0.794. The summed E-state index contributed by atoms with van der Waals surface area (Å²) in [5.74, 6) is 1.44. The van der Waals surface area contributed by atoms with Crippen molar-refractivity contribution in [3.63, 3.8) is 0 Å². The molecule has 0 aromatic carbocycles. The Kier molecular flexibility index (Phi) is 3.02. The zero-order chi connectivity index (χ0) is 10.7. The van der Waals surface area contributed by atoms with Gasteiger partial charge >= 0.3 is 0 Å². The summed E-state index contributed by atoms with van der Waals surface area (Å²) < 4.78 is 1.84. The molecule has 0 radical (unpaired) electrons. The van der Waals surface area contributed by atoms with E-state index in [0.717, 1.165) is 23.6 Å². The highest BCUT2D eigenvalue weighted by molar-refractivity contribution is 6.17. The summed E-state index contributed by atoms with van der Waals surface area (Å²) in [6, 6.07) is 7.81. The first-order chi connectivity index (χ1) is 7.31. The van der Waals surface area contributed by atoms with E-state index < -0.39 is 0 Å². The van der Waals surface area contributed by atoms with Crippen molar-refractivity contribution in [2.24, 2.45) is 0 Å². The molecule has 0 saturated heterocycles. The molecule has 15 heavy (non-hydrogen) atoms. The minimum Gasteiger partial charge on any atom is -0.237 e. The van der Waals surface area contributed by atoms with Gasteiger partial charge in [0.25, 0.3) is 0 Å². The number of hydrogen-bond acceptors (Lipinski definition) is 2. The first kappa shape index (κ1) is 10.2. The molecule has 3 nitrogen and oxygen atoms in total. The summed E-state index contributed by atoms with van der Waals surface area (Å²) in [5.41, 5.74) is 2.09. The van der Waals surface area contributed by atoms with Crippen molar-refractivity contribution in [2.75, 3.05) is 5.88 Å². The number of alkyl halides is 1. The van der Waals surface area contributed by atoms with Gasteiger partial charge < -0.3 is 0 Å². The number of pyridine rings is 1. The van der Waals surface area contributed by atoms with Crippen LogP contribution in [0.3, 0.4) is 0 Å². The topological polar surface area (TPSA) is 30.7 Å². The normalized spacial score (nSPS) is 10.5.